The highest BCUT2D eigenvalue weighted by atomic mass is 35.5. The van der Waals surface area contributed by atoms with Crippen LogP contribution in [0.2, 0.25) is 5.02 Å². The summed E-state index contributed by atoms with van der Waals surface area (Å²) in [6.07, 6.45) is 12.8. The van der Waals surface area contributed by atoms with Crippen LogP contribution in [-0.2, 0) is 22.1 Å². The topological polar surface area (TPSA) is 86.4 Å². The zero-order valence-electron chi connectivity index (χ0n) is 33.0. The Hall–Kier alpha value is -2.12. The normalized spacial score (nSPS) is 31.3. The van der Waals surface area contributed by atoms with Crippen molar-refractivity contribution in [3.8, 4) is 5.75 Å². The fourth-order valence-corrected chi connectivity index (χ4v) is 10.6. The Kier molecular flexibility index (Phi) is 14.9. The lowest BCUT2D eigenvalue weighted by atomic mass is 9.63. The van der Waals surface area contributed by atoms with Crippen molar-refractivity contribution < 1.29 is 18.5 Å². The van der Waals surface area contributed by atoms with Gasteiger partial charge in [-0.3, -0.25) is 14.4 Å². The standard InChI is InChI=1S/C42H62ClN5O4S2/c1-6-9-32-24-36(43)13-14-37(32)35-27-47-26-34-11-15-38(34)42(51-4,29-46-20-8-21-48(53-5)23-19-44-18-22-46)17-7-10-30(2)31(3)54(50)45-41(49)33-12-16-40(52-28-35)39(47)25-33/h7,12-14,16-17,24-25,30-31,34-35,38,44H,6,8-11,15,18-23,26-29H2,1-5H3,(H,45,49)/b17-7+. The molecule has 2 bridgehead atoms. The van der Waals surface area contributed by atoms with Gasteiger partial charge in [0.1, 0.15) is 22.3 Å². The molecule has 1 amide bonds. The summed E-state index contributed by atoms with van der Waals surface area (Å²) in [5.74, 6) is 1.34. The number of hydrogen-bond donors (Lipinski definition) is 2. The predicted octanol–water partition coefficient (Wildman–Crippen LogP) is 6.94. The van der Waals surface area contributed by atoms with Gasteiger partial charge in [-0.25, -0.2) is 8.51 Å². The van der Waals surface area contributed by atoms with Gasteiger partial charge in [-0.2, -0.15) is 0 Å². The van der Waals surface area contributed by atoms with E-state index in [9.17, 15) is 9.00 Å². The minimum Gasteiger partial charge on any atom is -0.491 e. The van der Waals surface area contributed by atoms with Gasteiger partial charge in [0, 0.05) is 76.0 Å². The average Bonchev–Trinajstić information content (AvgIpc) is 3.33. The summed E-state index contributed by atoms with van der Waals surface area (Å²) in [4.78, 5) is 18.7. The van der Waals surface area contributed by atoms with Crippen LogP contribution in [0.4, 0.5) is 5.69 Å². The Bertz CT molecular complexity index is 1630. The molecule has 54 heavy (non-hydrogen) atoms. The van der Waals surface area contributed by atoms with Crippen molar-refractivity contribution in [2.24, 2.45) is 17.8 Å². The number of carbonyl (C=O) groups excluding carboxylic acids is 1. The van der Waals surface area contributed by atoms with Gasteiger partial charge in [-0.15, -0.1) is 0 Å². The Morgan fingerprint density at radius 1 is 1.07 bits per heavy atom. The Morgan fingerprint density at radius 3 is 2.67 bits per heavy atom. The molecule has 1 saturated carbocycles. The van der Waals surface area contributed by atoms with Gasteiger partial charge in [-0.05, 0) is 111 Å². The van der Waals surface area contributed by atoms with Gasteiger partial charge in [0.15, 0.2) is 0 Å². The summed E-state index contributed by atoms with van der Waals surface area (Å²) >= 11 is 8.35. The van der Waals surface area contributed by atoms with E-state index in [0.717, 1.165) is 114 Å². The Balaban J connectivity index is 1.37. The highest BCUT2D eigenvalue weighted by Crippen LogP contribution is 2.47. The summed E-state index contributed by atoms with van der Waals surface area (Å²) in [6.45, 7) is 15.3. The van der Waals surface area contributed by atoms with Crippen molar-refractivity contribution in [3.63, 3.8) is 0 Å². The molecule has 7 atom stereocenters. The largest absolute Gasteiger partial charge is 0.491 e. The maximum atomic E-state index is 13.6. The van der Waals surface area contributed by atoms with Crippen molar-refractivity contribution in [3.05, 3.63) is 70.3 Å². The minimum atomic E-state index is -1.55. The van der Waals surface area contributed by atoms with Crippen LogP contribution < -0.4 is 19.7 Å². The molecule has 0 radical (unpaired) electrons. The molecule has 3 heterocycles. The van der Waals surface area contributed by atoms with E-state index in [1.165, 1.54) is 11.1 Å². The number of nitrogens with one attached hydrogen (secondary N) is 2. The maximum Gasteiger partial charge on any atom is 0.263 e. The number of allylic oxidation sites excluding steroid dienone is 1. The fourth-order valence-electron chi connectivity index (χ4n) is 8.82. The van der Waals surface area contributed by atoms with Crippen LogP contribution >= 0.6 is 23.5 Å². The monoisotopic (exact) mass is 799 g/mol. The molecule has 2 fully saturated rings. The molecule has 1 aliphatic carbocycles. The number of anilines is 1. The van der Waals surface area contributed by atoms with Crippen LogP contribution in [0, 0.1) is 17.8 Å². The molecular formula is C42H62ClN5O4S2. The number of benzene rings is 2. The van der Waals surface area contributed by atoms with Crippen LogP contribution in [-0.4, -0.2) is 109 Å². The van der Waals surface area contributed by atoms with E-state index in [1.54, 1.807) is 6.07 Å². The third kappa shape index (κ3) is 9.87. The summed E-state index contributed by atoms with van der Waals surface area (Å²) in [6, 6.07) is 12.0. The van der Waals surface area contributed by atoms with Gasteiger partial charge >= 0.3 is 0 Å². The number of carbonyl (C=O) groups is 1. The quantitative estimate of drug-likeness (QED) is 0.229. The lowest BCUT2D eigenvalue weighted by Gasteiger charge is -2.51. The highest BCUT2D eigenvalue weighted by molar-refractivity contribution is 7.96. The van der Waals surface area contributed by atoms with Gasteiger partial charge < -0.3 is 19.7 Å². The average molecular weight is 801 g/mol. The molecule has 9 nitrogen and oxygen atoms in total. The van der Waals surface area contributed by atoms with Crippen molar-refractivity contribution in [1.29, 1.82) is 0 Å². The number of aryl methyl sites for hydroxylation is 1. The second kappa shape index (κ2) is 19.4. The molecule has 6 rings (SSSR count). The van der Waals surface area contributed by atoms with Crippen LogP contribution in [0.1, 0.15) is 80.3 Å². The number of rotatable bonds is 7. The number of methoxy groups -OCH3 is 1. The molecule has 2 aromatic rings. The van der Waals surface area contributed by atoms with Crippen molar-refractivity contribution in [2.75, 3.05) is 83.8 Å². The third-order valence-electron chi connectivity index (χ3n) is 12.4. The first-order valence-corrected chi connectivity index (χ1v) is 22.9. The first kappa shape index (κ1) is 41.5. The van der Waals surface area contributed by atoms with Crippen LogP contribution in [0.3, 0.4) is 0 Å². The van der Waals surface area contributed by atoms with E-state index in [0.29, 0.717) is 24.0 Å². The van der Waals surface area contributed by atoms with E-state index in [2.05, 4.69) is 68.5 Å². The first-order valence-electron chi connectivity index (χ1n) is 20.1. The molecular weight excluding hydrogens is 738 g/mol. The second-order valence-corrected chi connectivity index (χ2v) is 18.7. The summed E-state index contributed by atoms with van der Waals surface area (Å²) in [5, 5.41) is 4.20. The molecule has 4 aliphatic rings. The van der Waals surface area contributed by atoms with Crippen LogP contribution in [0.25, 0.3) is 0 Å². The SMILES string of the molecule is CCCc1cc(Cl)ccc1C1COc2ccc3cc2N(C1)CC1CCC1C(CN1CCCN(SC)CCNCC1)(OC)/C=C/CC(C)C(C)S(=O)NC3=O. The zero-order valence-corrected chi connectivity index (χ0v) is 35.4. The molecule has 2 aromatic carbocycles. The second-order valence-electron chi connectivity index (χ2n) is 15.8. The maximum absolute atomic E-state index is 13.6. The van der Waals surface area contributed by atoms with Gasteiger partial charge in [-0.1, -0.05) is 62.0 Å². The highest BCUT2D eigenvalue weighted by Gasteiger charge is 2.48. The van der Waals surface area contributed by atoms with E-state index < -0.39 is 16.6 Å². The van der Waals surface area contributed by atoms with E-state index in [-0.39, 0.29) is 23.0 Å². The number of hydrogen-bond acceptors (Lipinski definition) is 9. The third-order valence-corrected chi connectivity index (χ3v) is 15.0. The number of halogens is 1. The molecule has 0 spiro atoms. The van der Waals surface area contributed by atoms with Gasteiger partial charge in [0.05, 0.1) is 17.5 Å². The Morgan fingerprint density at radius 2 is 1.91 bits per heavy atom. The van der Waals surface area contributed by atoms with Gasteiger partial charge in [0.2, 0.25) is 0 Å². The molecule has 1 saturated heterocycles. The Labute approximate surface area is 336 Å². The van der Waals surface area contributed by atoms with Crippen molar-refractivity contribution in [1.82, 2.24) is 19.2 Å². The molecule has 298 valence electrons. The molecule has 7 unspecified atom stereocenters. The minimum absolute atomic E-state index is 0.0936. The molecule has 3 aliphatic heterocycles. The fraction of sp³-hybridized carbons (Fsp3) is 0.643. The van der Waals surface area contributed by atoms with Crippen molar-refractivity contribution in [2.45, 2.75) is 76.1 Å². The number of ether oxygens (including phenoxy) is 2. The van der Waals surface area contributed by atoms with Crippen LogP contribution in [0.15, 0.2) is 48.6 Å². The van der Waals surface area contributed by atoms with E-state index in [4.69, 9.17) is 21.1 Å². The summed E-state index contributed by atoms with van der Waals surface area (Å²) in [7, 11) is 0.350. The zero-order chi connectivity index (χ0) is 38.2. The smallest absolute Gasteiger partial charge is 0.263 e. The molecule has 0 aromatic heterocycles. The van der Waals surface area contributed by atoms with E-state index in [1.807, 2.05) is 44.2 Å². The number of fused-ring (bicyclic) bond motifs is 2. The van der Waals surface area contributed by atoms with Crippen LogP contribution in [0.5, 0.6) is 5.75 Å². The molecule has 2 N–H and O–H groups in total. The lowest BCUT2D eigenvalue weighted by Crippen LogP contribution is -2.57. The summed E-state index contributed by atoms with van der Waals surface area (Å²) < 4.78 is 32.2. The predicted molar refractivity (Wildman–Crippen MR) is 225 cm³/mol. The van der Waals surface area contributed by atoms with Crippen molar-refractivity contribution >= 4 is 46.1 Å². The number of nitrogens with zero attached hydrogens (tertiary/aromatic N) is 3. The molecule has 12 heteroatoms. The number of amides is 1. The van der Waals surface area contributed by atoms with E-state index >= 15 is 0 Å². The lowest BCUT2D eigenvalue weighted by molar-refractivity contribution is -0.0915. The summed E-state index contributed by atoms with van der Waals surface area (Å²) in [5.41, 5.74) is 3.48. The van der Waals surface area contributed by atoms with Gasteiger partial charge in [0.25, 0.3) is 5.91 Å². The first-order chi connectivity index (χ1) is 26.1.